The maximum atomic E-state index is 12.1. The van der Waals surface area contributed by atoms with Crippen molar-refractivity contribution in [2.75, 3.05) is 20.3 Å². The summed E-state index contributed by atoms with van der Waals surface area (Å²) in [5.41, 5.74) is 5.88. The molecule has 2 aromatic rings. The molecule has 0 atom stereocenters. The summed E-state index contributed by atoms with van der Waals surface area (Å²) >= 11 is 0. The van der Waals surface area contributed by atoms with Crippen LogP contribution < -0.4 is 5.32 Å². The Balaban J connectivity index is 1.83. The minimum absolute atomic E-state index is 0.183. The van der Waals surface area contributed by atoms with Crippen molar-refractivity contribution in [1.29, 1.82) is 0 Å². The summed E-state index contributed by atoms with van der Waals surface area (Å²) in [5.74, 6) is 0.962. The van der Waals surface area contributed by atoms with Crippen molar-refractivity contribution in [2.45, 2.75) is 64.7 Å². The molecule has 1 aliphatic carbocycles. The first-order chi connectivity index (χ1) is 13.1. The van der Waals surface area contributed by atoms with E-state index in [4.69, 9.17) is 9.15 Å². The van der Waals surface area contributed by atoms with Gasteiger partial charge in [-0.05, 0) is 65.0 Å². The number of fused-ring (bicyclic) bond motifs is 1. The van der Waals surface area contributed by atoms with Crippen LogP contribution in [0.1, 0.15) is 79.1 Å². The van der Waals surface area contributed by atoms with Crippen molar-refractivity contribution < 1.29 is 13.9 Å². The number of hydrogen-bond acceptors (Lipinski definition) is 3. The average molecular weight is 384 g/mol. The van der Waals surface area contributed by atoms with Gasteiger partial charge in [0, 0.05) is 20.1 Å². The standard InChI is InChI=1S/C24H33NO3/c1-16-13-19-20(24(4,5)10-9-23(19,2)3)15-17(16)14-18-7-8-21(28-18)22(26)25-11-12-27-6/h7-8,13,15H,9-12,14H2,1-6H3,(H,25,26). The van der Waals surface area contributed by atoms with Crippen LogP contribution >= 0.6 is 0 Å². The van der Waals surface area contributed by atoms with Crippen molar-refractivity contribution in [1.82, 2.24) is 5.32 Å². The van der Waals surface area contributed by atoms with Crippen LogP contribution in [0.15, 0.2) is 28.7 Å². The van der Waals surface area contributed by atoms with Crippen LogP contribution in [0.2, 0.25) is 0 Å². The molecule has 0 spiro atoms. The van der Waals surface area contributed by atoms with Gasteiger partial charge in [0.25, 0.3) is 5.91 Å². The number of aryl methyl sites for hydroxylation is 1. The Morgan fingerprint density at radius 1 is 1.11 bits per heavy atom. The molecule has 1 amide bonds. The molecule has 4 heteroatoms. The predicted molar refractivity (Wildman–Crippen MR) is 112 cm³/mol. The van der Waals surface area contributed by atoms with Crippen molar-refractivity contribution in [2.24, 2.45) is 0 Å². The zero-order valence-electron chi connectivity index (χ0n) is 18.1. The number of nitrogens with one attached hydrogen (secondary N) is 1. The second-order valence-corrected chi connectivity index (χ2v) is 9.28. The fourth-order valence-electron chi connectivity index (χ4n) is 4.09. The topological polar surface area (TPSA) is 51.5 Å². The molecule has 0 unspecified atom stereocenters. The molecule has 0 radical (unpaired) electrons. The molecule has 28 heavy (non-hydrogen) atoms. The van der Waals surface area contributed by atoms with Gasteiger partial charge in [-0.2, -0.15) is 0 Å². The summed E-state index contributed by atoms with van der Waals surface area (Å²) in [6, 6.07) is 8.39. The number of methoxy groups -OCH3 is 1. The largest absolute Gasteiger partial charge is 0.456 e. The summed E-state index contributed by atoms with van der Waals surface area (Å²) in [6.45, 7) is 12.5. The van der Waals surface area contributed by atoms with E-state index in [-0.39, 0.29) is 16.7 Å². The van der Waals surface area contributed by atoms with Crippen LogP contribution in [-0.2, 0) is 22.0 Å². The molecule has 0 saturated carbocycles. The maximum Gasteiger partial charge on any atom is 0.287 e. The number of carbonyl (C=O) groups excluding carboxylic acids is 1. The summed E-state index contributed by atoms with van der Waals surface area (Å²) in [7, 11) is 1.61. The number of amides is 1. The van der Waals surface area contributed by atoms with Crippen molar-refractivity contribution in [3.8, 4) is 0 Å². The lowest BCUT2D eigenvalue weighted by Crippen LogP contribution is -2.34. The van der Waals surface area contributed by atoms with Gasteiger partial charge in [0.05, 0.1) is 6.61 Å². The van der Waals surface area contributed by atoms with Gasteiger partial charge in [-0.3, -0.25) is 4.79 Å². The highest BCUT2D eigenvalue weighted by Crippen LogP contribution is 2.46. The number of furan rings is 1. The van der Waals surface area contributed by atoms with E-state index in [2.05, 4.69) is 52.1 Å². The Labute approximate surface area is 168 Å². The Morgan fingerprint density at radius 2 is 1.75 bits per heavy atom. The molecule has 152 valence electrons. The molecule has 4 nitrogen and oxygen atoms in total. The summed E-state index contributed by atoms with van der Waals surface area (Å²) in [6.07, 6.45) is 3.11. The number of hydrogen-bond donors (Lipinski definition) is 1. The fraction of sp³-hybridized carbons (Fsp3) is 0.542. The van der Waals surface area contributed by atoms with E-state index in [9.17, 15) is 4.79 Å². The van der Waals surface area contributed by atoms with Crippen LogP contribution in [-0.4, -0.2) is 26.2 Å². The van der Waals surface area contributed by atoms with Crippen LogP contribution in [0.25, 0.3) is 0 Å². The first-order valence-corrected chi connectivity index (χ1v) is 10.1. The fourth-order valence-corrected chi connectivity index (χ4v) is 4.09. The lowest BCUT2D eigenvalue weighted by atomic mass is 9.62. The molecule has 0 fully saturated rings. The van der Waals surface area contributed by atoms with Gasteiger partial charge in [0.1, 0.15) is 5.76 Å². The highest BCUT2D eigenvalue weighted by molar-refractivity contribution is 5.91. The van der Waals surface area contributed by atoms with Gasteiger partial charge in [-0.1, -0.05) is 39.8 Å². The summed E-state index contributed by atoms with van der Waals surface area (Å²) in [5, 5.41) is 2.79. The van der Waals surface area contributed by atoms with Gasteiger partial charge >= 0.3 is 0 Å². The highest BCUT2D eigenvalue weighted by atomic mass is 16.5. The zero-order valence-corrected chi connectivity index (χ0v) is 18.1. The smallest absolute Gasteiger partial charge is 0.287 e. The van der Waals surface area contributed by atoms with Crippen molar-refractivity contribution >= 4 is 5.91 Å². The molecule has 0 saturated heterocycles. The van der Waals surface area contributed by atoms with Crippen LogP contribution in [0, 0.1) is 6.92 Å². The van der Waals surface area contributed by atoms with Crippen molar-refractivity contribution in [3.63, 3.8) is 0 Å². The molecule has 1 aromatic carbocycles. The third kappa shape index (κ3) is 4.17. The lowest BCUT2D eigenvalue weighted by molar-refractivity contribution is 0.0908. The van der Waals surface area contributed by atoms with Crippen molar-refractivity contribution in [3.05, 3.63) is 58.0 Å². The SMILES string of the molecule is COCCNC(=O)c1ccc(Cc2cc3c(cc2C)C(C)(C)CCC3(C)C)o1. The van der Waals surface area contributed by atoms with Gasteiger partial charge in [-0.25, -0.2) is 0 Å². The molecule has 1 N–H and O–H groups in total. The highest BCUT2D eigenvalue weighted by Gasteiger charge is 2.37. The van der Waals surface area contributed by atoms with E-state index in [0.717, 1.165) is 5.76 Å². The molecular formula is C24H33NO3. The summed E-state index contributed by atoms with van der Waals surface area (Å²) in [4.78, 5) is 12.1. The molecule has 1 aromatic heterocycles. The second-order valence-electron chi connectivity index (χ2n) is 9.28. The molecular weight excluding hydrogens is 350 g/mol. The first kappa shape index (κ1) is 20.7. The van der Waals surface area contributed by atoms with E-state index in [1.807, 2.05) is 6.07 Å². The van der Waals surface area contributed by atoms with Gasteiger partial charge in [0.15, 0.2) is 5.76 Å². The monoisotopic (exact) mass is 383 g/mol. The third-order valence-electron chi connectivity index (χ3n) is 6.15. The molecule has 1 heterocycles. The minimum atomic E-state index is -0.201. The molecule has 3 rings (SSSR count). The van der Waals surface area contributed by atoms with E-state index < -0.39 is 0 Å². The van der Waals surface area contributed by atoms with E-state index in [1.54, 1.807) is 13.2 Å². The van der Waals surface area contributed by atoms with Crippen LogP contribution in [0.4, 0.5) is 0 Å². The minimum Gasteiger partial charge on any atom is -0.456 e. The maximum absolute atomic E-state index is 12.1. The van der Waals surface area contributed by atoms with Gasteiger partial charge in [0.2, 0.25) is 0 Å². The van der Waals surface area contributed by atoms with E-state index in [0.29, 0.717) is 25.3 Å². The first-order valence-electron chi connectivity index (χ1n) is 10.1. The van der Waals surface area contributed by atoms with Crippen LogP contribution in [0.5, 0.6) is 0 Å². The zero-order chi connectivity index (χ0) is 20.5. The molecule has 0 bridgehead atoms. The average Bonchev–Trinajstić information content (AvgIpc) is 3.09. The Kier molecular flexibility index (Phi) is 5.72. The Morgan fingerprint density at radius 3 is 2.39 bits per heavy atom. The molecule has 1 aliphatic rings. The third-order valence-corrected chi connectivity index (χ3v) is 6.15. The number of benzene rings is 1. The Hall–Kier alpha value is -2.07. The number of ether oxygens (including phenoxy) is 1. The predicted octanol–water partition coefficient (Wildman–Crippen LogP) is 4.90. The number of carbonyl (C=O) groups is 1. The molecule has 0 aliphatic heterocycles. The Bertz CT molecular complexity index is 861. The van der Waals surface area contributed by atoms with Gasteiger partial charge < -0.3 is 14.5 Å². The lowest BCUT2D eigenvalue weighted by Gasteiger charge is -2.42. The van der Waals surface area contributed by atoms with E-state index >= 15 is 0 Å². The normalized spacial score (nSPS) is 17.2. The van der Waals surface area contributed by atoms with Gasteiger partial charge in [-0.15, -0.1) is 0 Å². The second kappa shape index (κ2) is 7.75. The summed E-state index contributed by atoms with van der Waals surface area (Å²) < 4.78 is 10.8. The quantitative estimate of drug-likeness (QED) is 0.722. The van der Waals surface area contributed by atoms with Crippen LogP contribution in [0.3, 0.4) is 0 Å². The number of rotatable bonds is 6. The van der Waals surface area contributed by atoms with E-state index in [1.165, 1.54) is 35.1 Å².